The van der Waals surface area contributed by atoms with Gasteiger partial charge in [0.1, 0.15) is 6.10 Å². The van der Waals surface area contributed by atoms with Crippen molar-refractivity contribution in [3.63, 3.8) is 0 Å². The van der Waals surface area contributed by atoms with Gasteiger partial charge in [0.2, 0.25) is 5.91 Å². The number of hydrogen-bond acceptors (Lipinski definition) is 4. The van der Waals surface area contributed by atoms with Crippen LogP contribution in [0.3, 0.4) is 0 Å². The number of carbonyl (C=O) groups is 1. The van der Waals surface area contributed by atoms with Crippen LogP contribution in [0.4, 0.5) is 0 Å². The summed E-state index contributed by atoms with van der Waals surface area (Å²) in [6, 6.07) is -0.0443. The molecule has 0 bridgehead atoms. The van der Waals surface area contributed by atoms with Gasteiger partial charge in [0.25, 0.3) is 0 Å². The van der Waals surface area contributed by atoms with Crippen LogP contribution in [0.5, 0.6) is 0 Å². The van der Waals surface area contributed by atoms with E-state index in [0.717, 1.165) is 38.5 Å². The van der Waals surface area contributed by atoms with Crippen LogP contribution in [0.2, 0.25) is 0 Å². The highest BCUT2D eigenvalue weighted by Gasteiger charge is 2.34. The van der Waals surface area contributed by atoms with E-state index in [9.17, 15) is 9.90 Å². The Morgan fingerprint density at radius 2 is 2.11 bits per heavy atom. The molecule has 18 heavy (non-hydrogen) atoms. The number of aliphatic hydroxyl groups is 1. The van der Waals surface area contributed by atoms with Crippen molar-refractivity contribution in [3.8, 4) is 0 Å². The lowest BCUT2D eigenvalue weighted by atomic mass is 9.84. The van der Waals surface area contributed by atoms with Gasteiger partial charge in [0.15, 0.2) is 0 Å². The van der Waals surface area contributed by atoms with Crippen LogP contribution in [0.15, 0.2) is 0 Å². The molecular weight excluding hydrogens is 232 g/mol. The van der Waals surface area contributed by atoms with Crippen molar-refractivity contribution in [2.45, 2.75) is 56.8 Å². The zero-order valence-electron chi connectivity index (χ0n) is 10.8. The van der Waals surface area contributed by atoms with Crippen LogP contribution in [0.25, 0.3) is 0 Å². The molecule has 1 heterocycles. The first-order chi connectivity index (χ1) is 8.74. The van der Waals surface area contributed by atoms with Gasteiger partial charge in [0.05, 0.1) is 18.8 Å². The number of rotatable bonds is 5. The largest absolute Gasteiger partial charge is 0.394 e. The third kappa shape index (κ3) is 3.22. The van der Waals surface area contributed by atoms with Crippen LogP contribution >= 0.6 is 0 Å². The van der Waals surface area contributed by atoms with Crippen LogP contribution in [0, 0.1) is 5.92 Å². The summed E-state index contributed by atoms with van der Waals surface area (Å²) < 4.78 is 5.78. The molecule has 0 aromatic rings. The van der Waals surface area contributed by atoms with Crippen LogP contribution in [-0.2, 0) is 9.53 Å². The molecule has 0 spiro atoms. The molecule has 4 N–H and O–H groups in total. The Morgan fingerprint density at radius 3 is 2.67 bits per heavy atom. The number of nitrogens with one attached hydrogen (secondary N) is 1. The first-order valence-electron chi connectivity index (χ1n) is 7.01. The molecule has 0 aromatic carbocycles. The third-order valence-corrected chi connectivity index (χ3v) is 4.09. The first kappa shape index (κ1) is 13.8. The quantitative estimate of drug-likeness (QED) is 0.654. The van der Waals surface area contributed by atoms with Crippen molar-refractivity contribution in [2.24, 2.45) is 11.7 Å². The van der Waals surface area contributed by atoms with E-state index in [1.165, 1.54) is 0 Å². The molecule has 104 valence electrons. The van der Waals surface area contributed by atoms with Gasteiger partial charge in [-0.15, -0.1) is 0 Å². The average Bonchev–Trinajstić information content (AvgIpc) is 2.29. The smallest absolute Gasteiger partial charge is 0.223 e. The maximum Gasteiger partial charge on any atom is 0.223 e. The van der Waals surface area contributed by atoms with E-state index in [0.29, 0.717) is 6.54 Å². The Hall–Kier alpha value is -0.650. The monoisotopic (exact) mass is 256 g/mol. The summed E-state index contributed by atoms with van der Waals surface area (Å²) in [6.07, 6.45) is 5.60. The van der Waals surface area contributed by atoms with E-state index in [1.54, 1.807) is 0 Å². The molecule has 5 nitrogen and oxygen atoms in total. The Morgan fingerprint density at radius 1 is 1.33 bits per heavy atom. The summed E-state index contributed by atoms with van der Waals surface area (Å²) in [4.78, 5) is 11.9. The van der Waals surface area contributed by atoms with Gasteiger partial charge < -0.3 is 20.9 Å². The molecule has 1 aliphatic heterocycles. The summed E-state index contributed by atoms with van der Waals surface area (Å²) in [5.74, 6) is 0.316. The molecule has 1 amide bonds. The highest BCUT2D eigenvalue weighted by Crippen LogP contribution is 2.28. The van der Waals surface area contributed by atoms with Crippen LogP contribution in [-0.4, -0.2) is 42.4 Å². The molecule has 0 unspecified atom stereocenters. The Labute approximate surface area is 108 Å². The number of aliphatic hydroxyl groups excluding tert-OH is 1. The van der Waals surface area contributed by atoms with Gasteiger partial charge >= 0.3 is 0 Å². The summed E-state index contributed by atoms with van der Waals surface area (Å²) in [7, 11) is 0. The van der Waals surface area contributed by atoms with E-state index < -0.39 is 0 Å². The van der Waals surface area contributed by atoms with Gasteiger partial charge in [0, 0.05) is 5.92 Å². The molecule has 5 heteroatoms. The fourth-order valence-corrected chi connectivity index (χ4v) is 2.67. The number of carbonyl (C=O) groups excluding carboxylic acids is 1. The molecule has 1 aliphatic carbocycles. The standard InChI is InChI=1S/C13H24N2O3/c14-7-6-10-4-5-11(12(8-16)18-10)15-13(17)9-2-1-3-9/h9-12,16H,1-8,14H2,(H,15,17)/t10-,11+,12-/m0/s1. The van der Waals surface area contributed by atoms with Crippen molar-refractivity contribution in [2.75, 3.05) is 13.2 Å². The van der Waals surface area contributed by atoms with Crippen molar-refractivity contribution < 1.29 is 14.6 Å². The maximum atomic E-state index is 11.9. The minimum absolute atomic E-state index is 0.0443. The highest BCUT2D eigenvalue weighted by atomic mass is 16.5. The van der Waals surface area contributed by atoms with E-state index >= 15 is 0 Å². The van der Waals surface area contributed by atoms with Crippen molar-refractivity contribution in [1.29, 1.82) is 0 Å². The van der Waals surface area contributed by atoms with Gasteiger partial charge in [-0.05, 0) is 38.6 Å². The molecule has 1 saturated heterocycles. The topological polar surface area (TPSA) is 84.6 Å². The highest BCUT2D eigenvalue weighted by molar-refractivity contribution is 5.79. The predicted octanol–water partition coefficient (Wildman–Crippen LogP) is 0.160. The molecule has 2 fully saturated rings. The van der Waals surface area contributed by atoms with Gasteiger partial charge in [-0.3, -0.25) is 4.79 Å². The number of ether oxygens (including phenoxy) is 1. The molecule has 0 aromatic heterocycles. The molecule has 1 saturated carbocycles. The van der Waals surface area contributed by atoms with Crippen molar-refractivity contribution >= 4 is 5.91 Å². The second-order valence-corrected chi connectivity index (χ2v) is 5.38. The molecule has 2 aliphatic rings. The summed E-state index contributed by atoms with van der Waals surface area (Å²) in [6.45, 7) is 0.554. The first-order valence-corrected chi connectivity index (χ1v) is 7.01. The second kappa shape index (κ2) is 6.50. The van der Waals surface area contributed by atoms with Crippen LogP contribution in [0.1, 0.15) is 38.5 Å². The summed E-state index contributed by atoms with van der Waals surface area (Å²) in [5.41, 5.74) is 5.51. The fraction of sp³-hybridized carbons (Fsp3) is 0.923. The molecule has 2 rings (SSSR count). The lowest BCUT2D eigenvalue weighted by molar-refractivity contribution is -0.134. The van der Waals surface area contributed by atoms with Gasteiger partial charge in [-0.2, -0.15) is 0 Å². The van der Waals surface area contributed by atoms with E-state index in [1.807, 2.05) is 0 Å². The number of nitrogens with two attached hydrogens (primary N) is 1. The third-order valence-electron chi connectivity index (χ3n) is 4.09. The van der Waals surface area contributed by atoms with E-state index in [2.05, 4.69) is 5.32 Å². The molecule has 0 radical (unpaired) electrons. The fourth-order valence-electron chi connectivity index (χ4n) is 2.67. The Bertz CT molecular complexity index is 281. The average molecular weight is 256 g/mol. The normalized spacial score (nSPS) is 32.9. The van der Waals surface area contributed by atoms with Gasteiger partial charge in [-0.1, -0.05) is 6.42 Å². The maximum absolute atomic E-state index is 11.9. The Kier molecular flexibility index (Phi) is 4.97. The van der Waals surface area contributed by atoms with Gasteiger partial charge in [-0.25, -0.2) is 0 Å². The predicted molar refractivity (Wildman–Crippen MR) is 67.9 cm³/mol. The second-order valence-electron chi connectivity index (χ2n) is 5.38. The Balaban J connectivity index is 1.82. The molecular formula is C13H24N2O3. The number of hydrogen-bond donors (Lipinski definition) is 3. The van der Waals surface area contributed by atoms with E-state index in [4.69, 9.17) is 10.5 Å². The minimum Gasteiger partial charge on any atom is -0.394 e. The summed E-state index contributed by atoms with van der Waals surface area (Å²) >= 11 is 0. The van der Waals surface area contributed by atoms with Crippen molar-refractivity contribution in [3.05, 3.63) is 0 Å². The van der Waals surface area contributed by atoms with E-state index in [-0.39, 0.29) is 36.7 Å². The van der Waals surface area contributed by atoms with Crippen molar-refractivity contribution in [1.82, 2.24) is 5.32 Å². The SMILES string of the molecule is NCC[C@@H]1CC[C@@H](NC(=O)C2CCC2)[C@H](CO)O1. The lowest BCUT2D eigenvalue weighted by Gasteiger charge is -2.37. The zero-order chi connectivity index (χ0) is 13.0. The zero-order valence-corrected chi connectivity index (χ0v) is 10.8. The number of amides is 1. The summed E-state index contributed by atoms with van der Waals surface area (Å²) in [5, 5.41) is 12.4. The molecule has 3 atom stereocenters. The van der Waals surface area contributed by atoms with Crippen LogP contribution < -0.4 is 11.1 Å². The minimum atomic E-state index is -0.278. The lowest BCUT2D eigenvalue weighted by Crippen LogP contribution is -2.53.